The van der Waals surface area contributed by atoms with Crippen LogP contribution in [0, 0.1) is 19.8 Å². The van der Waals surface area contributed by atoms with E-state index in [-0.39, 0.29) is 18.9 Å². The van der Waals surface area contributed by atoms with Crippen LogP contribution in [0.5, 0.6) is 0 Å². The Morgan fingerprint density at radius 2 is 1.86 bits per heavy atom. The Balaban J connectivity index is 1.65. The SMILES string of the molecule is Cc1cc(C(=O)COC(=O)Cn2c(=O)oc3ccccc32)c(C)n1CCC(C)C. The lowest BCUT2D eigenvalue weighted by Gasteiger charge is -2.11. The zero-order chi connectivity index (χ0) is 21.1. The largest absolute Gasteiger partial charge is 0.456 e. The lowest BCUT2D eigenvalue weighted by Crippen LogP contribution is -2.23. The number of carbonyl (C=O) groups excluding carboxylic acids is 2. The molecule has 29 heavy (non-hydrogen) atoms. The average Bonchev–Trinajstić information content (AvgIpc) is 3.14. The number of rotatable bonds is 8. The number of oxazole rings is 1. The summed E-state index contributed by atoms with van der Waals surface area (Å²) in [6.45, 7) is 8.36. The summed E-state index contributed by atoms with van der Waals surface area (Å²) in [6.07, 6.45) is 1.02. The molecule has 1 aromatic carbocycles. The molecule has 0 fully saturated rings. The number of ketones is 1. The summed E-state index contributed by atoms with van der Waals surface area (Å²) in [5.41, 5.74) is 3.35. The van der Waals surface area contributed by atoms with Crippen LogP contribution < -0.4 is 5.76 Å². The van der Waals surface area contributed by atoms with Crippen molar-refractivity contribution in [1.29, 1.82) is 0 Å². The molecule has 0 saturated carbocycles. The number of esters is 1. The number of hydrogen-bond acceptors (Lipinski definition) is 5. The molecule has 0 N–H and O–H groups in total. The highest BCUT2D eigenvalue weighted by Gasteiger charge is 2.19. The van der Waals surface area contributed by atoms with Crippen LogP contribution in [-0.4, -0.2) is 27.5 Å². The lowest BCUT2D eigenvalue weighted by molar-refractivity contribution is -0.143. The van der Waals surface area contributed by atoms with Crippen LogP contribution in [0.15, 0.2) is 39.5 Å². The van der Waals surface area contributed by atoms with E-state index in [0.717, 1.165) is 24.4 Å². The van der Waals surface area contributed by atoms with Crippen LogP contribution in [0.4, 0.5) is 0 Å². The summed E-state index contributed by atoms with van der Waals surface area (Å²) < 4.78 is 13.5. The highest BCUT2D eigenvalue weighted by Crippen LogP contribution is 2.18. The Morgan fingerprint density at radius 1 is 1.14 bits per heavy atom. The summed E-state index contributed by atoms with van der Waals surface area (Å²) in [7, 11) is 0. The van der Waals surface area contributed by atoms with Crippen LogP contribution in [0.2, 0.25) is 0 Å². The number of nitrogens with zero attached hydrogens (tertiary/aromatic N) is 2. The molecule has 0 aliphatic carbocycles. The van der Waals surface area contributed by atoms with Gasteiger partial charge in [-0.15, -0.1) is 0 Å². The Morgan fingerprint density at radius 3 is 2.59 bits per heavy atom. The number of fused-ring (bicyclic) bond motifs is 1. The Labute approximate surface area is 168 Å². The number of carbonyl (C=O) groups is 2. The normalized spacial score (nSPS) is 11.3. The molecule has 0 radical (unpaired) electrons. The van der Waals surface area contributed by atoms with Crippen LogP contribution in [-0.2, 0) is 22.6 Å². The van der Waals surface area contributed by atoms with E-state index in [1.54, 1.807) is 24.3 Å². The fourth-order valence-corrected chi connectivity index (χ4v) is 3.38. The molecule has 154 valence electrons. The molecule has 0 aliphatic rings. The van der Waals surface area contributed by atoms with Gasteiger partial charge >= 0.3 is 11.7 Å². The maximum Gasteiger partial charge on any atom is 0.420 e. The molecule has 0 aliphatic heterocycles. The van der Waals surface area contributed by atoms with E-state index >= 15 is 0 Å². The maximum atomic E-state index is 12.6. The Bertz CT molecular complexity index is 1100. The van der Waals surface area contributed by atoms with Crippen molar-refractivity contribution in [1.82, 2.24) is 9.13 Å². The molecule has 7 nitrogen and oxygen atoms in total. The number of ether oxygens (including phenoxy) is 1. The van der Waals surface area contributed by atoms with Crippen LogP contribution in [0.3, 0.4) is 0 Å². The Hall–Kier alpha value is -3.09. The zero-order valence-corrected chi connectivity index (χ0v) is 17.2. The number of hydrogen-bond donors (Lipinski definition) is 0. The van der Waals surface area contributed by atoms with E-state index in [4.69, 9.17) is 9.15 Å². The summed E-state index contributed by atoms with van der Waals surface area (Å²) in [4.78, 5) is 36.7. The molecule has 7 heteroatoms. The second-order valence-electron chi connectivity index (χ2n) is 7.62. The van der Waals surface area contributed by atoms with Crippen molar-refractivity contribution in [2.75, 3.05) is 6.61 Å². The summed E-state index contributed by atoms with van der Waals surface area (Å²) in [5, 5.41) is 0. The van der Waals surface area contributed by atoms with Gasteiger partial charge in [0.25, 0.3) is 0 Å². The minimum atomic E-state index is -0.666. The van der Waals surface area contributed by atoms with Crippen molar-refractivity contribution in [3.8, 4) is 0 Å². The average molecular weight is 398 g/mol. The molecule has 3 aromatic rings. The first-order valence-corrected chi connectivity index (χ1v) is 9.72. The first-order chi connectivity index (χ1) is 13.8. The quantitative estimate of drug-likeness (QED) is 0.428. The third kappa shape index (κ3) is 4.50. The molecule has 2 aromatic heterocycles. The van der Waals surface area contributed by atoms with Crippen molar-refractivity contribution < 1.29 is 18.7 Å². The van der Waals surface area contributed by atoms with Gasteiger partial charge in [0.1, 0.15) is 6.54 Å². The van der Waals surface area contributed by atoms with Gasteiger partial charge in [0, 0.05) is 23.5 Å². The molecule has 0 spiro atoms. The van der Waals surface area contributed by atoms with Crippen molar-refractivity contribution in [3.63, 3.8) is 0 Å². The molecule has 0 saturated heterocycles. The lowest BCUT2D eigenvalue weighted by atomic mass is 10.1. The molecule has 0 bridgehead atoms. The fourth-order valence-electron chi connectivity index (χ4n) is 3.38. The predicted octanol–water partition coefficient (Wildman–Crippen LogP) is 3.49. The van der Waals surface area contributed by atoms with Gasteiger partial charge in [0.15, 0.2) is 12.2 Å². The first kappa shape index (κ1) is 20.6. The van der Waals surface area contributed by atoms with Gasteiger partial charge in [-0.3, -0.25) is 14.2 Å². The smallest absolute Gasteiger partial charge is 0.420 e. The fraction of sp³-hybridized carbons (Fsp3) is 0.409. The van der Waals surface area contributed by atoms with Gasteiger partial charge < -0.3 is 13.7 Å². The molecular weight excluding hydrogens is 372 g/mol. The number of aryl methyl sites for hydroxylation is 1. The van der Waals surface area contributed by atoms with Crippen molar-refractivity contribution in [2.24, 2.45) is 5.92 Å². The van der Waals surface area contributed by atoms with Gasteiger partial charge in [-0.1, -0.05) is 26.0 Å². The van der Waals surface area contributed by atoms with Gasteiger partial charge in [-0.2, -0.15) is 0 Å². The van der Waals surface area contributed by atoms with Crippen LogP contribution >= 0.6 is 0 Å². The molecule has 0 amide bonds. The summed E-state index contributed by atoms with van der Waals surface area (Å²) in [5.74, 6) is -0.992. The van der Waals surface area contributed by atoms with E-state index in [1.807, 2.05) is 19.9 Å². The molecule has 3 rings (SSSR count). The maximum absolute atomic E-state index is 12.6. The van der Waals surface area contributed by atoms with E-state index < -0.39 is 11.7 Å². The topological polar surface area (TPSA) is 83.4 Å². The number of Topliss-reactive ketones (excluding diaryl/α,β-unsaturated/α-hetero) is 1. The number of para-hydroxylation sites is 2. The van der Waals surface area contributed by atoms with Gasteiger partial charge in [-0.05, 0) is 44.4 Å². The number of benzene rings is 1. The first-order valence-electron chi connectivity index (χ1n) is 9.72. The van der Waals surface area contributed by atoms with Crippen molar-refractivity contribution in [3.05, 3.63) is 57.8 Å². The monoisotopic (exact) mass is 398 g/mol. The summed E-state index contributed by atoms with van der Waals surface area (Å²) >= 11 is 0. The molecule has 0 atom stereocenters. The second kappa shape index (κ2) is 8.51. The van der Waals surface area contributed by atoms with Crippen LogP contribution in [0.25, 0.3) is 11.1 Å². The third-order valence-electron chi connectivity index (χ3n) is 5.03. The number of aromatic nitrogens is 2. The van der Waals surface area contributed by atoms with E-state index in [2.05, 4.69) is 18.4 Å². The standard InChI is InChI=1S/C22H26N2O5/c1-14(2)9-10-23-15(3)11-17(16(23)4)19(25)13-28-21(26)12-24-18-7-5-6-8-20(18)29-22(24)27/h5-8,11,14H,9-10,12-13H2,1-4H3. The minimum absolute atomic E-state index is 0.258. The van der Waals surface area contributed by atoms with Gasteiger partial charge in [-0.25, -0.2) is 4.79 Å². The zero-order valence-electron chi connectivity index (χ0n) is 17.2. The van der Waals surface area contributed by atoms with Gasteiger partial charge in [0.2, 0.25) is 5.78 Å². The molecular formula is C22H26N2O5. The van der Waals surface area contributed by atoms with Crippen molar-refractivity contribution >= 4 is 22.9 Å². The van der Waals surface area contributed by atoms with Gasteiger partial charge in [0.05, 0.1) is 5.52 Å². The highest BCUT2D eigenvalue weighted by molar-refractivity contribution is 5.99. The van der Waals surface area contributed by atoms with E-state index in [1.165, 1.54) is 4.57 Å². The van der Waals surface area contributed by atoms with Crippen LogP contribution in [0.1, 0.15) is 42.0 Å². The van der Waals surface area contributed by atoms with Crippen molar-refractivity contribution in [2.45, 2.75) is 47.2 Å². The minimum Gasteiger partial charge on any atom is -0.456 e. The molecule has 0 unspecified atom stereocenters. The predicted molar refractivity (Wildman–Crippen MR) is 109 cm³/mol. The Kier molecular flexibility index (Phi) is 6.06. The van der Waals surface area contributed by atoms with E-state index in [9.17, 15) is 14.4 Å². The summed E-state index contributed by atoms with van der Waals surface area (Å²) in [6, 6.07) is 8.66. The third-order valence-corrected chi connectivity index (χ3v) is 5.03. The van der Waals surface area contributed by atoms with E-state index in [0.29, 0.717) is 22.6 Å². The second-order valence-corrected chi connectivity index (χ2v) is 7.62. The molecule has 2 heterocycles. The highest BCUT2D eigenvalue weighted by atomic mass is 16.5.